The predicted molar refractivity (Wildman–Crippen MR) is 84.7 cm³/mol. The van der Waals surface area contributed by atoms with Crippen LogP contribution in [0.3, 0.4) is 0 Å². The fourth-order valence-corrected chi connectivity index (χ4v) is 6.88. The van der Waals surface area contributed by atoms with Crippen molar-refractivity contribution in [3.05, 3.63) is 74.2 Å². The number of carbonyl (C=O) groups excluding carboxylic acids is 1. The van der Waals surface area contributed by atoms with Crippen LogP contribution in [0.5, 0.6) is 0 Å². The van der Waals surface area contributed by atoms with Crippen LogP contribution in [0.15, 0.2) is 65.0 Å². The van der Waals surface area contributed by atoms with Crippen molar-refractivity contribution < 1.29 is 4.79 Å². The van der Waals surface area contributed by atoms with Crippen molar-refractivity contribution in [2.24, 2.45) is 5.92 Å². The Hall–Kier alpha value is -1.49. The SMILES string of the molecule is O=C1C(Cc2ccncc2)C=CI1c1ccccc1. The Bertz CT molecular complexity index is 595. The van der Waals surface area contributed by atoms with Crippen LogP contribution in [0, 0.1) is 9.49 Å². The number of pyridine rings is 1. The molecule has 0 amide bonds. The molecule has 0 N–H and O–H groups in total. The zero-order valence-corrected chi connectivity index (χ0v) is 12.5. The monoisotopic (exact) mass is 363 g/mol. The average molecular weight is 363 g/mol. The first-order valence-corrected chi connectivity index (χ1v) is 9.59. The summed E-state index contributed by atoms with van der Waals surface area (Å²) in [7, 11) is 0. The third-order valence-corrected chi connectivity index (χ3v) is 8.24. The van der Waals surface area contributed by atoms with E-state index < -0.39 is 19.8 Å². The van der Waals surface area contributed by atoms with Crippen molar-refractivity contribution in [1.82, 2.24) is 4.98 Å². The summed E-state index contributed by atoms with van der Waals surface area (Å²) in [6.45, 7) is 0. The van der Waals surface area contributed by atoms with Crippen LogP contribution in [0.2, 0.25) is 0 Å². The van der Waals surface area contributed by atoms with Crippen LogP contribution in [-0.2, 0) is 11.2 Å². The van der Waals surface area contributed by atoms with Gasteiger partial charge in [-0.3, -0.25) is 0 Å². The molecule has 0 saturated heterocycles. The molecule has 2 heterocycles. The number of allylic oxidation sites excluding steroid dienone is 1. The molecule has 2 nitrogen and oxygen atoms in total. The third kappa shape index (κ3) is 2.76. The number of rotatable bonds is 3. The van der Waals surface area contributed by atoms with Gasteiger partial charge in [-0.15, -0.1) is 0 Å². The second kappa shape index (κ2) is 5.65. The van der Waals surface area contributed by atoms with Gasteiger partial charge in [-0.05, 0) is 0 Å². The minimum absolute atomic E-state index is 0.0628. The number of benzene rings is 1. The van der Waals surface area contributed by atoms with Gasteiger partial charge < -0.3 is 0 Å². The molecule has 1 aliphatic rings. The van der Waals surface area contributed by atoms with Gasteiger partial charge in [-0.1, -0.05) is 0 Å². The van der Waals surface area contributed by atoms with Gasteiger partial charge in [0.2, 0.25) is 0 Å². The van der Waals surface area contributed by atoms with Crippen molar-refractivity contribution in [2.75, 3.05) is 0 Å². The van der Waals surface area contributed by atoms with Crippen LogP contribution < -0.4 is 0 Å². The predicted octanol–water partition coefficient (Wildman–Crippen LogP) is 3.67. The van der Waals surface area contributed by atoms with E-state index in [1.54, 1.807) is 12.4 Å². The molecule has 0 fully saturated rings. The molecule has 1 atom stereocenters. The van der Waals surface area contributed by atoms with Crippen molar-refractivity contribution in [1.29, 1.82) is 0 Å². The molecule has 1 unspecified atom stereocenters. The summed E-state index contributed by atoms with van der Waals surface area (Å²) in [5, 5.41) is 0. The van der Waals surface area contributed by atoms with Gasteiger partial charge in [0.15, 0.2) is 0 Å². The standard InChI is InChI=1S/C16H14INO/c19-16-14(12-13-7-10-18-11-8-13)6-9-17(16)15-4-2-1-3-5-15/h1-11,14H,12H2. The Morgan fingerprint density at radius 3 is 2.53 bits per heavy atom. The van der Waals surface area contributed by atoms with Crippen LogP contribution in [0.25, 0.3) is 0 Å². The van der Waals surface area contributed by atoms with Gasteiger partial charge in [0.25, 0.3) is 0 Å². The van der Waals surface area contributed by atoms with Gasteiger partial charge in [0.05, 0.1) is 0 Å². The first-order chi connectivity index (χ1) is 9.34. The fourth-order valence-electron chi connectivity index (χ4n) is 2.10. The summed E-state index contributed by atoms with van der Waals surface area (Å²) >= 11 is -1.76. The fraction of sp³-hybridized carbons (Fsp3) is 0.125. The Balaban J connectivity index is 1.75. The van der Waals surface area contributed by atoms with Crippen LogP contribution in [-0.4, -0.2) is 8.77 Å². The van der Waals surface area contributed by atoms with E-state index in [4.69, 9.17) is 0 Å². The van der Waals surface area contributed by atoms with E-state index >= 15 is 0 Å². The van der Waals surface area contributed by atoms with E-state index in [9.17, 15) is 4.79 Å². The molecular formula is C16H14INO. The Morgan fingerprint density at radius 1 is 1.05 bits per heavy atom. The van der Waals surface area contributed by atoms with Crippen molar-refractivity contribution in [3.8, 4) is 0 Å². The maximum absolute atomic E-state index is 12.5. The Kier molecular flexibility index (Phi) is 3.73. The molecule has 19 heavy (non-hydrogen) atoms. The maximum atomic E-state index is 12.5. The zero-order valence-electron chi connectivity index (χ0n) is 10.4. The molecule has 96 valence electrons. The molecule has 2 aromatic rings. The van der Waals surface area contributed by atoms with E-state index in [0.29, 0.717) is 3.79 Å². The number of nitrogens with zero attached hydrogens (tertiary/aromatic N) is 1. The quantitative estimate of drug-likeness (QED) is 0.615. The topological polar surface area (TPSA) is 30.0 Å². The molecule has 1 aliphatic heterocycles. The molecule has 0 aliphatic carbocycles. The number of aromatic nitrogens is 1. The molecule has 3 heteroatoms. The first kappa shape index (κ1) is 12.5. The Morgan fingerprint density at radius 2 is 1.79 bits per heavy atom. The molecular weight excluding hydrogens is 349 g/mol. The normalized spacial score (nSPS) is 19.9. The van der Waals surface area contributed by atoms with E-state index in [1.165, 1.54) is 9.13 Å². The van der Waals surface area contributed by atoms with Gasteiger partial charge >= 0.3 is 120 Å². The summed E-state index contributed by atoms with van der Waals surface area (Å²) in [6.07, 6.45) is 6.48. The Labute approximate surface area is 120 Å². The second-order valence-electron chi connectivity index (χ2n) is 4.40. The van der Waals surface area contributed by atoms with Gasteiger partial charge in [0, 0.05) is 0 Å². The zero-order chi connectivity index (χ0) is 13.1. The van der Waals surface area contributed by atoms with E-state index in [0.717, 1.165) is 6.42 Å². The molecule has 1 aromatic heterocycles. The van der Waals surface area contributed by atoms with Gasteiger partial charge in [-0.2, -0.15) is 0 Å². The summed E-state index contributed by atoms with van der Waals surface area (Å²) in [5.41, 5.74) is 1.18. The number of carbonyl (C=O) groups is 1. The third-order valence-electron chi connectivity index (χ3n) is 3.10. The van der Waals surface area contributed by atoms with E-state index in [2.05, 4.69) is 27.3 Å². The summed E-state index contributed by atoms with van der Waals surface area (Å²) in [6, 6.07) is 14.2. The molecule has 0 bridgehead atoms. The van der Waals surface area contributed by atoms with E-state index in [-0.39, 0.29) is 5.92 Å². The first-order valence-electron chi connectivity index (χ1n) is 6.19. The van der Waals surface area contributed by atoms with Gasteiger partial charge in [-0.25, -0.2) is 0 Å². The van der Waals surface area contributed by atoms with Crippen LogP contribution in [0.4, 0.5) is 0 Å². The summed E-state index contributed by atoms with van der Waals surface area (Å²) in [5.74, 6) is 0.0628. The van der Waals surface area contributed by atoms with Crippen molar-refractivity contribution in [3.63, 3.8) is 0 Å². The number of hydrogen-bond donors (Lipinski definition) is 0. The molecule has 1 aromatic carbocycles. The average Bonchev–Trinajstić information content (AvgIpc) is 2.82. The van der Waals surface area contributed by atoms with Crippen molar-refractivity contribution in [2.45, 2.75) is 6.42 Å². The van der Waals surface area contributed by atoms with Crippen LogP contribution in [0.1, 0.15) is 5.56 Å². The molecule has 0 radical (unpaired) electrons. The molecule has 3 rings (SSSR count). The molecule has 0 saturated carbocycles. The van der Waals surface area contributed by atoms with Gasteiger partial charge in [0.1, 0.15) is 0 Å². The minimum atomic E-state index is -1.76. The number of hydrogen-bond acceptors (Lipinski definition) is 2. The van der Waals surface area contributed by atoms with E-state index in [1.807, 2.05) is 30.3 Å². The van der Waals surface area contributed by atoms with Crippen LogP contribution >= 0.6 is 19.8 Å². The molecule has 0 spiro atoms. The second-order valence-corrected chi connectivity index (χ2v) is 9.21. The van der Waals surface area contributed by atoms with Crippen molar-refractivity contribution >= 4 is 23.6 Å². The summed E-state index contributed by atoms with van der Waals surface area (Å²) in [4.78, 5) is 16.5. The number of halogens is 1. The summed E-state index contributed by atoms with van der Waals surface area (Å²) < 4.78 is 3.88.